The first kappa shape index (κ1) is 13.4. The second kappa shape index (κ2) is 6.19. The van der Waals surface area contributed by atoms with Gasteiger partial charge in [-0.2, -0.15) is 0 Å². The Hall–Kier alpha value is -2.08. The Balaban J connectivity index is 1.94. The first-order valence-corrected chi connectivity index (χ1v) is 6.22. The van der Waals surface area contributed by atoms with Gasteiger partial charge < -0.3 is 21.1 Å². The normalized spacial score (nSPS) is 17.9. The zero-order valence-corrected chi connectivity index (χ0v) is 10.5. The van der Waals surface area contributed by atoms with E-state index < -0.39 is 6.04 Å². The van der Waals surface area contributed by atoms with Gasteiger partial charge in [-0.25, -0.2) is 0 Å². The SMILES string of the molecule is NCCOc1cccc(NC(=O)[C@@H]2CCC(=O)N2)c1. The van der Waals surface area contributed by atoms with Crippen LogP contribution in [0.1, 0.15) is 12.8 Å². The first-order valence-electron chi connectivity index (χ1n) is 6.22. The molecule has 6 heteroatoms. The van der Waals surface area contributed by atoms with Crippen LogP contribution in [0.3, 0.4) is 0 Å². The molecular weight excluding hydrogens is 246 g/mol. The van der Waals surface area contributed by atoms with Crippen LogP contribution in [0.5, 0.6) is 5.75 Å². The van der Waals surface area contributed by atoms with E-state index in [1.807, 2.05) is 0 Å². The molecule has 1 heterocycles. The van der Waals surface area contributed by atoms with Crippen molar-refractivity contribution >= 4 is 17.5 Å². The minimum atomic E-state index is -0.443. The minimum Gasteiger partial charge on any atom is -0.492 e. The van der Waals surface area contributed by atoms with Crippen molar-refractivity contribution in [1.29, 1.82) is 0 Å². The molecule has 0 radical (unpaired) electrons. The van der Waals surface area contributed by atoms with E-state index in [2.05, 4.69) is 10.6 Å². The van der Waals surface area contributed by atoms with Gasteiger partial charge in [0.15, 0.2) is 0 Å². The maximum atomic E-state index is 11.9. The van der Waals surface area contributed by atoms with Crippen LogP contribution in [0.2, 0.25) is 0 Å². The van der Waals surface area contributed by atoms with Crippen molar-refractivity contribution in [1.82, 2.24) is 5.32 Å². The number of anilines is 1. The number of ether oxygens (including phenoxy) is 1. The molecule has 1 atom stereocenters. The molecule has 0 aliphatic carbocycles. The van der Waals surface area contributed by atoms with Crippen molar-refractivity contribution in [3.05, 3.63) is 24.3 Å². The van der Waals surface area contributed by atoms with Crippen LogP contribution in [-0.4, -0.2) is 31.0 Å². The van der Waals surface area contributed by atoms with Gasteiger partial charge in [-0.15, -0.1) is 0 Å². The third kappa shape index (κ3) is 3.69. The molecule has 1 aromatic rings. The van der Waals surface area contributed by atoms with Gasteiger partial charge in [0.1, 0.15) is 18.4 Å². The topological polar surface area (TPSA) is 93.4 Å². The second-order valence-corrected chi connectivity index (χ2v) is 4.31. The van der Waals surface area contributed by atoms with Crippen molar-refractivity contribution in [2.75, 3.05) is 18.5 Å². The summed E-state index contributed by atoms with van der Waals surface area (Å²) >= 11 is 0. The molecule has 0 unspecified atom stereocenters. The Morgan fingerprint density at radius 1 is 1.53 bits per heavy atom. The monoisotopic (exact) mass is 263 g/mol. The molecule has 102 valence electrons. The molecule has 0 aromatic heterocycles. The fourth-order valence-corrected chi connectivity index (χ4v) is 1.88. The van der Waals surface area contributed by atoms with Crippen molar-refractivity contribution < 1.29 is 14.3 Å². The number of carbonyl (C=O) groups is 2. The number of nitrogens with two attached hydrogens (primary N) is 1. The average molecular weight is 263 g/mol. The van der Waals surface area contributed by atoms with Crippen LogP contribution in [0, 0.1) is 0 Å². The van der Waals surface area contributed by atoms with Gasteiger partial charge in [0.05, 0.1) is 0 Å². The summed E-state index contributed by atoms with van der Waals surface area (Å²) in [5.41, 5.74) is 6.00. The molecule has 1 saturated heterocycles. The van der Waals surface area contributed by atoms with Crippen LogP contribution in [0.4, 0.5) is 5.69 Å². The predicted octanol–water partition coefficient (Wildman–Crippen LogP) is 0.241. The molecule has 4 N–H and O–H groups in total. The molecule has 0 spiro atoms. The van der Waals surface area contributed by atoms with Crippen LogP contribution < -0.4 is 21.1 Å². The van der Waals surface area contributed by atoms with Gasteiger partial charge in [0.2, 0.25) is 11.8 Å². The Morgan fingerprint density at radius 2 is 2.37 bits per heavy atom. The lowest BCUT2D eigenvalue weighted by Gasteiger charge is -2.12. The Bertz CT molecular complexity index is 476. The van der Waals surface area contributed by atoms with Gasteiger partial charge >= 0.3 is 0 Å². The van der Waals surface area contributed by atoms with Crippen molar-refractivity contribution in [3.8, 4) is 5.75 Å². The molecule has 1 aliphatic rings. The van der Waals surface area contributed by atoms with Crippen LogP contribution in [-0.2, 0) is 9.59 Å². The largest absolute Gasteiger partial charge is 0.492 e. The number of hydrogen-bond donors (Lipinski definition) is 3. The predicted molar refractivity (Wildman–Crippen MR) is 70.8 cm³/mol. The lowest BCUT2D eigenvalue weighted by atomic mass is 10.2. The maximum Gasteiger partial charge on any atom is 0.246 e. The summed E-state index contributed by atoms with van der Waals surface area (Å²) in [6, 6.07) is 6.63. The van der Waals surface area contributed by atoms with Crippen LogP contribution >= 0.6 is 0 Å². The Labute approximate surface area is 111 Å². The van der Waals surface area contributed by atoms with Crippen LogP contribution in [0.15, 0.2) is 24.3 Å². The molecule has 6 nitrogen and oxygen atoms in total. The molecule has 2 rings (SSSR count). The van der Waals surface area contributed by atoms with E-state index in [0.29, 0.717) is 37.4 Å². The lowest BCUT2D eigenvalue weighted by molar-refractivity contribution is -0.122. The highest BCUT2D eigenvalue weighted by atomic mass is 16.5. The molecular formula is C13H17N3O3. The summed E-state index contributed by atoms with van der Waals surface area (Å²) in [5, 5.41) is 5.38. The smallest absolute Gasteiger partial charge is 0.246 e. The van der Waals surface area contributed by atoms with E-state index in [4.69, 9.17) is 10.5 Å². The summed E-state index contributed by atoms with van der Waals surface area (Å²) < 4.78 is 5.37. The van der Waals surface area contributed by atoms with Gasteiger partial charge in [-0.05, 0) is 18.6 Å². The number of nitrogens with one attached hydrogen (secondary N) is 2. The van der Waals surface area contributed by atoms with E-state index in [-0.39, 0.29) is 11.8 Å². The molecule has 0 saturated carbocycles. The molecule has 2 amide bonds. The molecule has 1 fully saturated rings. The quantitative estimate of drug-likeness (QED) is 0.709. The summed E-state index contributed by atoms with van der Waals surface area (Å²) in [5.74, 6) is 0.362. The number of carbonyl (C=O) groups excluding carboxylic acids is 2. The summed E-state index contributed by atoms with van der Waals surface area (Å²) in [6.07, 6.45) is 0.936. The number of benzene rings is 1. The van der Waals surface area contributed by atoms with Crippen molar-refractivity contribution in [2.24, 2.45) is 5.73 Å². The van der Waals surface area contributed by atoms with E-state index in [1.165, 1.54) is 0 Å². The fourth-order valence-electron chi connectivity index (χ4n) is 1.88. The van der Waals surface area contributed by atoms with E-state index in [0.717, 1.165) is 0 Å². The highest BCUT2D eigenvalue weighted by molar-refractivity contribution is 5.99. The Kier molecular flexibility index (Phi) is 4.35. The Morgan fingerprint density at radius 3 is 3.05 bits per heavy atom. The standard InChI is InChI=1S/C13H17N3O3/c14-6-7-19-10-3-1-2-9(8-10)15-13(18)11-4-5-12(17)16-11/h1-3,8,11H,4-7,14H2,(H,15,18)(H,16,17)/t11-/m0/s1. The lowest BCUT2D eigenvalue weighted by Crippen LogP contribution is -2.37. The molecule has 0 bridgehead atoms. The molecule has 1 aliphatic heterocycles. The van der Waals surface area contributed by atoms with Crippen LogP contribution in [0.25, 0.3) is 0 Å². The van der Waals surface area contributed by atoms with Gasteiger partial charge in [-0.1, -0.05) is 6.07 Å². The highest BCUT2D eigenvalue weighted by Gasteiger charge is 2.27. The third-order valence-corrected chi connectivity index (χ3v) is 2.80. The number of amides is 2. The highest BCUT2D eigenvalue weighted by Crippen LogP contribution is 2.18. The summed E-state index contributed by atoms with van der Waals surface area (Å²) in [4.78, 5) is 23.0. The van der Waals surface area contributed by atoms with Crippen molar-refractivity contribution in [3.63, 3.8) is 0 Å². The number of hydrogen-bond acceptors (Lipinski definition) is 4. The molecule has 19 heavy (non-hydrogen) atoms. The summed E-state index contributed by atoms with van der Waals surface area (Å²) in [6.45, 7) is 0.862. The van der Waals surface area contributed by atoms with E-state index >= 15 is 0 Å². The van der Waals surface area contributed by atoms with Crippen molar-refractivity contribution in [2.45, 2.75) is 18.9 Å². The maximum absolute atomic E-state index is 11.9. The van der Waals surface area contributed by atoms with E-state index in [9.17, 15) is 9.59 Å². The minimum absolute atomic E-state index is 0.0832. The van der Waals surface area contributed by atoms with E-state index in [1.54, 1.807) is 24.3 Å². The second-order valence-electron chi connectivity index (χ2n) is 4.31. The fraction of sp³-hybridized carbons (Fsp3) is 0.385. The number of rotatable bonds is 5. The molecule has 1 aromatic carbocycles. The first-order chi connectivity index (χ1) is 9.19. The van der Waals surface area contributed by atoms with Gasteiger partial charge in [0, 0.05) is 24.7 Å². The zero-order chi connectivity index (χ0) is 13.7. The van der Waals surface area contributed by atoms with Gasteiger partial charge in [-0.3, -0.25) is 9.59 Å². The van der Waals surface area contributed by atoms with Gasteiger partial charge in [0.25, 0.3) is 0 Å². The summed E-state index contributed by atoms with van der Waals surface area (Å²) in [7, 11) is 0. The average Bonchev–Trinajstić information content (AvgIpc) is 2.83. The third-order valence-electron chi connectivity index (χ3n) is 2.80. The zero-order valence-electron chi connectivity index (χ0n) is 10.5.